The smallest absolute Gasteiger partial charge is 0.335 e. The van der Waals surface area contributed by atoms with E-state index < -0.39 is 6.10 Å². The number of nitriles is 1. The van der Waals surface area contributed by atoms with E-state index in [0.29, 0.717) is 50.1 Å². The molecule has 1 aliphatic carbocycles. The highest BCUT2D eigenvalue weighted by Gasteiger charge is 2.31. The minimum Gasteiger partial charge on any atom is -0.464 e. The summed E-state index contributed by atoms with van der Waals surface area (Å²) >= 11 is 0. The second kappa shape index (κ2) is 14.3. The van der Waals surface area contributed by atoms with Crippen molar-refractivity contribution in [1.29, 1.82) is 5.26 Å². The molecular formula is C35H39N5O4. The first-order valence-electron chi connectivity index (χ1n) is 15.5. The van der Waals surface area contributed by atoms with Gasteiger partial charge in [-0.15, -0.1) is 6.58 Å². The number of carbonyl (C=O) groups excluding carboxylic acids is 1. The molecule has 0 aliphatic heterocycles. The summed E-state index contributed by atoms with van der Waals surface area (Å²) < 4.78 is 15.0. The zero-order valence-electron chi connectivity index (χ0n) is 25.4. The highest BCUT2D eigenvalue weighted by atomic mass is 16.6. The van der Waals surface area contributed by atoms with Crippen LogP contribution in [0.15, 0.2) is 72.3 Å². The molecule has 1 aliphatic rings. The van der Waals surface area contributed by atoms with Crippen LogP contribution >= 0.6 is 0 Å². The summed E-state index contributed by atoms with van der Waals surface area (Å²) in [5.74, 6) is 0.195. The van der Waals surface area contributed by atoms with Crippen LogP contribution in [0.2, 0.25) is 0 Å². The number of aryl methyl sites for hydroxylation is 1. The maximum Gasteiger partial charge on any atom is 0.335 e. The highest BCUT2D eigenvalue weighted by Crippen LogP contribution is 2.32. The number of fused-ring (bicyclic) bond motifs is 1. The van der Waals surface area contributed by atoms with E-state index in [0.717, 1.165) is 47.2 Å². The third-order valence-corrected chi connectivity index (χ3v) is 8.30. The van der Waals surface area contributed by atoms with E-state index in [1.165, 1.54) is 6.33 Å². The summed E-state index contributed by atoms with van der Waals surface area (Å²) in [6.45, 7) is 7.93. The number of rotatable bonds is 12. The van der Waals surface area contributed by atoms with Crippen LogP contribution in [0.4, 0.5) is 0 Å². The van der Waals surface area contributed by atoms with Gasteiger partial charge >= 0.3 is 5.97 Å². The number of benzene rings is 2. The third kappa shape index (κ3) is 6.51. The predicted octanol–water partition coefficient (Wildman–Crippen LogP) is 5.98. The van der Waals surface area contributed by atoms with Crippen LogP contribution in [0.3, 0.4) is 0 Å². The van der Waals surface area contributed by atoms with E-state index in [2.05, 4.69) is 29.7 Å². The first-order valence-corrected chi connectivity index (χ1v) is 15.5. The molecule has 1 unspecified atom stereocenters. The van der Waals surface area contributed by atoms with Crippen LogP contribution in [0.1, 0.15) is 80.8 Å². The zero-order chi connectivity index (χ0) is 31.1. The van der Waals surface area contributed by atoms with Crippen molar-refractivity contribution in [2.45, 2.75) is 83.5 Å². The topological polar surface area (TPSA) is 112 Å². The Morgan fingerprint density at radius 2 is 1.89 bits per heavy atom. The third-order valence-electron chi connectivity index (χ3n) is 8.30. The minimum absolute atomic E-state index is 0.0340. The number of hydrogen-bond acceptors (Lipinski definition) is 7. The summed E-state index contributed by atoms with van der Waals surface area (Å²) in [6.07, 6.45) is 7.71. The van der Waals surface area contributed by atoms with Crippen LogP contribution in [0.25, 0.3) is 16.9 Å². The van der Waals surface area contributed by atoms with Gasteiger partial charge in [-0.25, -0.2) is 9.31 Å². The average molecular weight is 594 g/mol. The van der Waals surface area contributed by atoms with Crippen molar-refractivity contribution < 1.29 is 14.3 Å². The quantitative estimate of drug-likeness (QED) is 0.147. The standard InChI is InChI=1S/C35H39N5O4/c1-4-9-31-30(21-24-13-15-25(16-14-24)29-12-8-7-11-26(29)22-36)33(41)39(35-37-23-38-40(31)35)27-17-19-28(20-18-27)44-32(10-5-2)34(42)43-6-3/h5,7-8,11-16,23,27-28,32H,2,4,6,9-10,17-21H2,1,3H3. The second-order valence-corrected chi connectivity index (χ2v) is 11.2. The van der Waals surface area contributed by atoms with E-state index in [4.69, 9.17) is 9.47 Å². The Bertz CT molecular complexity index is 1710. The van der Waals surface area contributed by atoms with Crippen LogP contribution in [-0.4, -0.2) is 43.9 Å². The molecule has 0 amide bonds. The molecule has 1 atom stereocenters. The van der Waals surface area contributed by atoms with Crippen LogP contribution < -0.4 is 5.56 Å². The normalized spacial score (nSPS) is 17.2. The lowest BCUT2D eigenvalue weighted by Gasteiger charge is -2.32. The van der Waals surface area contributed by atoms with Gasteiger partial charge in [0.15, 0.2) is 6.10 Å². The first-order chi connectivity index (χ1) is 21.5. The molecule has 44 heavy (non-hydrogen) atoms. The van der Waals surface area contributed by atoms with Gasteiger partial charge in [-0.05, 0) is 61.8 Å². The van der Waals surface area contributed by atoms with E-state index in [1.807, 2.05) is 57.6 Å². The molecule has 2 aromatic carbocycles. The SMILES string of the molecule is C=CCC(OC1CCC(n2c(=O)c(Cc3ccc(-c4ccccc4C#N)cc3)c(CCC)n3ncnc23)CC1)C(=O)OCC. The Morgan fingerprint density at radius 3 is 2.57 bits per heavy atom. The summed E-state index contributed by atoms with van der Waals surface area (Å²) in [4.78, 5) is 31.2. The van der Waals surface area contributed by atoms with Crippen LogP contribution in [0, 0.1) is 11.3 Å². The second-order valence-electron chi connectivity index (χ2n) is 11.2. The van der Waals surface area contributed by atoms with Crippen molar-refractivity contribution in [3.8, 4) is 17.2 Å². The molecule has 1 fully saturated rings. The molecule has 5 rings (SSSR count). The number of hydrogen-bond donors (Lipinski definition) is 0. The van der Waals surface area contributed by atoms with Crippen LogP contribution in [-0.2, 0) is 27.1 Å². The Hall–Kier alpha value is -4.55. The lowest BCUT2D eigenvalue weighted by atomic mass is 9.92. The van der Waals surface area contributed by atoms with Gasteiger partial charge in [0.25, 0.3) is 5.56 Å². The maximum absolute atomic E-state index is 14.3. The summed E-state index contributed by atoms with van der Waals surface area (Å²) in [6, 6.07) is 17.8. The summed E-state index contributed by atoms with van der Waals surface area (Å²) in [5.41, 5.74) is 5.06. The fourth-order valence-electron chi connectivity index (χ4n) is 6.18. The molecule has 0 saturated heterocycles. The molecule has 9 heteroatoms. The molecule has 0 spiro atoms. The lowest BCUT2D eigenvalue weighted by Crippen LogP contribution is -2.37. The van der Waals surface area contributed by atoms with Crippen molar-refractivity contribution >= 4 is 11.7 Å². The molecule has 0 N–H and O–H groups in total. The fourth-order valence-corrected chi connectivity index (χ4v) is 6.18. The number of nitrogens with zero attached hydrogens (tertiary/aromatic N) is 5. The van der Waals surface area contributed by atoms with Gasteiger partial charge in [-0.1, -0.05) is 61.9 Å². The van der Waals surface area contributed by atoms with Crippen molar-refractivity contribution in [2.24, 2.45) is 0 Å². The highest BCUT2D eigenvalue weighted by molar-refractivity contribution is 5.75. The number of ether oxygens (including phenoxy) is 2. The lowest BCUT2D eigenvalue weighted by molar-refractivity contribution is -0.161. The van der Waals surface area contributed by atoms with Gasteiger partial charge in [0.2, 0.25) is 5.78 Å². The van der Waals surface area contributed by atoms with Crippen molar-refractivity contribution in [3.63, 3.8) is 0 Å². The van der Waals surface area contributed by atoms with E-state index in [-0.39, 0.29) is 23.7 Å². The van der Waals surface area contributed by atoms with Crippen molar-refractivity contribution in [2.75, 3.05) is 6.61 Å². The molecule has 0 bridgehead atoms. The monoisotopic (exact) mass is 593 g/mol. The molecule has 9 nitrogen and oxygen atoms in total. The van der Waals surface area contributed by atoms with Crippen LogP contribution in [0.5, 0.6) is 0 Å². The molecule has 4 aromatic rings. The van der Waals surface area contributed by atoms with Crippen molar-refractivity contribution in [3.05, 3.63) is 100 Å². The number of carbonyl (C=O) groups is 1. The maximum atomic E-state index is 14.3. The largest absolute Gasteiger partial charge is 0.464 e. The van der Waals surface area contributed by atoms with Gasteiger partial charge in [-0.2, -0.15) is 15.3 Å². The Morgan fingerprint density at radius 1 is 1.14 bits per heavy atom. The predicted molar refractivity (Wildman–Crippen MR) is 168 cm³/mol. The molecular weight excluding hydrogens is 554 g/mol. The van der Waals surface area contributed by atoms with Gasteiger partial charge < -0.3 is 9.47 Å². The van der Waals surface area contributed by atoms with Gasteiger partial charge in [-0.3, -0.25) is 9.36 Å². The van der Waals surface area contributed by atoms with E-state index in [9.17, 15) is 14.9 Å². The molecule has 228 valence electrons. The summed E-state index contributed by atoms with van der Waals surface area (Å²) in [5, 5.41) is 14.1. The zero-order valence-corrected chi connectivity index (χ0v) is 25.4. The number of aromatic nitrogens is 4. The number of esters is 1. The minimum atomic E-state index is -0.667. The van der Waals surface area contributed by atoms with Gasteiger partial charge in [0, 0.05) is 24.4 Å². The van der Waals surface area contributed by atoms with Gasteiger partial charge in [0.1, 0.15) is 6.33 Å². The average Bonchev–Trinajstić information content (AvgIpc) is 3.53. The Labute approximate surface area is 257 Å². The van der Waals surface area contributed by atoms with E-state index >= 15 is 0 Å². The van der Waals surface area contributed by atoms with Gasteiger partial charge in [0.05, 0.1) is 30.0 Å². The van der Waals surface area contributed by atoms with E-state index in [1.54, 1.807) is 13.0 Å². The molecule has 1 saturated carbocycles. The molecule has 2 aromatic heterocycles. The first kappa shape index (κ1) is 30.9. The fraction of sp³-hybridized carbons (Fsp3) is 0.400. The summed E-state index contributed by atoms with van der Waals surface area (Å²) in [7, 11) is 0. The Kier molecular flexibility index (Phi) is 10.0. The molecule has 0 radical (unpaired) electrons. The van der Waals surface area contributed by atoms with Crippen molar-refractivity contribution in [1.82, 2.24) is 19.2 Å². The molecule has 2 heterocycles. The Balaban J connectivity index is 1.42.